The topological polar surface area (TPSA) is 126 Å². The van der Waals surface area contributed by atoms with Gasteiger partial charge in [0, 0.05) is 27.7 Å². The first-order valence-corrected chi connectivity index (χ1v) is 9.95. The van der Waals surface area contributed by atoms with Gasteiger partial charge in [-0.25, -0.2) is 4.52 Å². The normalized spacial score (nSPS) is 11.2. The highest BCUT2D eigenvalue weighted by atomic mass is 35.5. The highest BCUT2D eigenvalue weighted by molar-refractivity contribution is 6.30. The molecule has 0 atom stereocenters. The molecule has 0 aliphatic rings. The molecule has 0 fully saturated rings. The van der Waals surface area contributed by atoms with Crippen molar-refractivity contribution in [3.8, 4) is 5.69 Å². The molecule has 5 aromatic rings. The summed E-state index contributed by atoms with van der Waals surface area (Å²) in [5, 5.41) is 28.3. The van der Waals surface area contributed by atoms with Crippen molar-refractivity contribution in [1.29, 1.82) is 0 Å². The molecule has 0 aliphatic heterocycles. The zero-order valence-electron chi connectivity index (χ0n) is 16.6. The van der Waals surface area contributed by atoms with Crippen molar-refractivity contribution < 1.29 is 14.6 Å². The lowest BCUT2D eigenvalue weighted by Crippen LogP contribution is -2.07. The second kappa shape index (κ2) is 7.53. The SMILES string of the molecule is O=C(c1ccc(Cl)cc1)c1c2c([N+](=O)[O-])cc([N+](=O)[O-])cc2c2n(-c3ccccc3)cnn12. The van der Waals surface area contributed by atoms with Crippen LogP contribution in [0.25, 0.3) is 22.1 Å². The van der Waals surface area contributed by atoms with Crippen LogP contribution in [-0.4, -0.2) is 29.8 Å². The minimum Gasteiger partial charge on any atom is -0.287 e. The fourth-order valence-corrected chi connectivity index (χ4v) is 3.97. The summed E-state index contributed by atoms with van der Waals surface area (Å²) in [5.74, 6) is -0.535. The second-order valence-corrected chi connectivity index (χ2v) is 7.59. The number of carbonyl (C=O) groups excluding carboxylic acids is 1. The van der Waals surface area contributed by atoms with Crippen LogP contribution in [0.1, 0.15) is 16.1 Å². The van der Waals surface area contributed by atoms with Crippen molar-refractivity contribution in [2.75, 3.05) is 0 Å². The Morgan fingerprint density at radius 2 is 1.64 bits per heavy atom. The second-order valence-electron chi connectivity index (χ2n) is 7.16. The Labute approximate surface area is 189 Å². The van der Waals surface area contributed by atoms with E-state index in [4.69, 9.17) is 11.6 Å². The van der Waals surface area contributed by atoms with Crippen LogP contribution in [-0.2, 0) is 0 Å². The van der Waals surface area contributed by atoms with Gasteiger partial charge in [0.15, 0.2) is 0 Å². The van der Waals surface area contributed by atoms with E-state index in [0.29, 0.717) is 16.4 Å². The molecule has 0 N–H and O–H groups in total. The molecule has 3 aromatic carbocycles. The van der Waals surface area contributed by atoms with Crippen LogP contribution in [0.2, 0.25) is 5.02 Å². The average Bonchev–Trinajstić information content (AvgIpc) is 3.37. The van der Waals surface area contributed by atoms with Gasteiger partial charge in [-0.05, 0) is 36.4 Å². The molecule has 2 aromatic heterocycles. The molecule has 0 spiro atoms. The molecule has 0 radical (unpaired) electrons. The highest BCUT2D eigenvalue weighted by Gasteiger charge is 2.31. The smallest absolute Gasteiger partial charge is 0.286 e. The van der Waals surface area contributed by atoms with Gasteiger partial charge in [-0.15, -0.1) is 0 Å². The third-order valence-electron chi connectivity index (χ3n) is 5.27. The molecule has 0 unspecified atom stereocenters. The zero-order chi connectivity index (χ0) is 23.3. The summed E-state index contributed by atoms with van der Waals surface area (Å²) in [5.41, 5.74) is 0.107. The van der Waals surface area contributed by atoms with E-state index in [-0.39, 0.29) is 22.0 Å². The Hall–Kier alpha value is -4.57. The van der Waals surface area contributed by atoms with E-state index in [2.05, 4.69) is 5.10 Å². The number of para-hydroxylation sites is 1. The highest BCUT2D eigenvalue weighted by Crippen LogP contribution is 2.39. The van der Waals surface area contributed by atoms with Crippen LogP contribution in [0, 0.1) is 20.2 Å². The van der Waals surface area contributed by atoms with Gasteiger partial charge in [0.25, 0.3) is 11.4 Å². The van der Waals surface area contributed by atoms with E-state index in [1.165, 1.54) is 41.2 Å². The molecular weight excluding hydrogens is 450 g/mol. The van der Waals surface area contributed by atoms with Gasteiger partial charge in [-0.2, -0.15) is 5.10 Å². The Kier molecular flexibility index (Phi) is 4.64. The molecule has 0 saturated carbocycles. The lowest BCUT2D eigenvalue weighted by atomic mass is 10.0. The van der Waals surface area contributed by atoms with E-state index in [0.717, 1.165) is 6.07 Å². The number of aromatic nitrogens is 3. The molecule has 11 heteroatoms. The minimum atomic E-state index is -0.736. The predicted molar refractivity (Wildman–Crippen MR) is 120 cm³/mol. The quantitative estimate of drug-likeness (QED) is 0.206. The summed E-state index contributed by atoms with van der Waals surface area (Å²) in [6.45, 7) is 0. The first kappa shape index (κ1) is 20.3. The molecule has 33 heavy (non-hydrogen) atoms. The van der Waals surface area contributed by atoms with Gasteiger partial charge in [0.1, 0.15) is 17.7 Å². The number of hydrogen-bond acceptors (Lipinski definition) is 6. The maximum Gasteiger partial charge on any atom is 0.286 e. The van der Waals surface area contributed by atoms with Crippen molar-refractivity contribution >= 4 is 45.2 Å². The molecule has 0 aliphatic carbocycles. The Balaban J connectivity index is 1.94. The zero-order valence-corrected chi connectivity index (χ0v) is 17.3. The first-order chi connectivity index (χ1) is 15.9. The summed E-state index contributed by atoms with van der Waals surface area (Å²) < 4.78 is 2.90. The number of benzene rings is 3. The van der Waals surface area contributed by atoms with Crippen molar-refractivity contribution in [3.63, 3.8) is 0 Å². The number of nitro groups is 2. The van der Waals surface area contributed by atoms with Crippen molar-refractivity contribution in [2.45, 2.75) is 0 Å². The van der Waals surface area contributed by atoms with E-state index in [1.807, 2.05) is 6.07 Å². The third kappa shape index (κ3) is 3.20. The number of non-ortho nitro benzene ring substituents is 2. The molecule has 0 saturated heterocycles. The molecule has 0 bridgehead atoms. The Morgan fingerprint density at radius 3 is 2.27 bits per heavy atom. The Morgan fingerprint density at radius 1 is 0.939 bits per heavy atom. The number of carbonyl (C=O) groups is 1. The fraction of sp³-hybridized carbons (Fsp3) is 0. The van der Waals surface area contributed by atoms with Crippen LogP contribution >= 0.6 is 11.6 Å². The number of nitro benzene ring substituents is 2. The average molecular weight is 462 g/mol. The van der Waals surface area contributed by atoms with Crippen LogP contribution < -0.4 is 0 Å². The largest absolute Gasteiger partial charge is 0.287 e. The van der Waals surface area contributed by atoms with Gasteiger partial charge < -0.3 is 0 Å². The van der Waals surface area contributed by atoms with Crippen molar-refractivity contribution in [1.82, 2.24) is 14.2 Å². The molecule has 0 amide bonds. The number of hydrogen-bond donors (Lipinski definition) is 0. The maximum atomic E-state index is 13.5. The van der Waals surface area contributed by atoms with Crippen molar-refractivity contribution in [2.24, 2.45) is 0 Å². The molecule has 162 valence electrons. The van der Waals surface area contributed by atoms with Crippen molar-refractivity contribution in [3.05, 3.63) is 110 Å². The Bertz CT molecular complexity index is 1590. The molecule has 10 nitrogen and oxygen atoms in total. The van der Waals surface area contributed by atoms with Gasteiger partial charge in [-0.3, -0.25) is 29.6 Å². The van der Waals surface area contributed by atoms with Gasteiger partial charge in [0.05, 0.1) is 21.3 Å². The summed E-state index contributed by atoms with van der Waals surface area (Å²) in [6, 6.07) is 17.1. The number of fused-ring (bicyclic) bond motifs is 3. The van der Waals surface area contributed by atoms with E-state index in [9.17, 15) is 25.0 Å². The van der Waals surface area contributed by atoms with E-state index >= 15 is 0 Å². The summed E-state index contributed by atoms with van der Waals surface area (Å²) in [6.07, 6.45) is 1.45. The summed E-state index contributed by atoms with van der Waals surface area (Å²) in [4.78, 5) is 35.5. The minimum absolute atomic E-state index is 0.0293. The van der Waals surface area contributed by atoms with E-state index < -0.39 is 27.0 Å². The number of ketones is 1. The lowest BCUT2D eigenvalue weighted by molar-refractivity contribution is -0.393. The van der Waals surface area contributed by atoms with Crippen LogP contribution in [0.4, 0.5) is 11.4 Å². The molecular formula is C22H12ClN5O5. The number of rotatable bonds is 5. The maximum absolute atomic E-state index is 13.5. The van der Waals surface area contributed by atoms with Crippen LogP contribution in [0.15, 0.2) is 73.1 Å². The molecule has 5 rings (SSSR count). The standard InChI is InChI=1S/C22H12ClN5O5/c23-14-8-6-13(7-9-14)21(29)20-19-17(10-16(27(30)31)11-18(19)28(32)33)22-25(12-24-26(20)22)15-4-2-1-3-5-15/h1-12H. The van der Waals surface area contributed by atoms with Gasteiger partial charge in [0.2, 0.25) is 5.78 Å². The van der Waals surface area contributed by atoms with E-state index in [1.54, 1.807) is 28.8 Å². The van der Waals surface area contributed by atoms with Gasteiger partial charge >= 0.3 is 0 Å². The predicted octanol–water partition coefficient (Wildman–Crippen LogP) is 4.98. The van der Waals surface area contributed by atoms with Gasteiger partial charge in [-0.1, -0.05) is 29.8 Å². The first-order valence-electron chi connectivity index (χ1n) is 9.57. The summed E-state index contributed by atoms with van der Waals surface area (Å²) in [7, 11) is 0. The van der Waals surface area contributed by atoms with Crippen LogP contribution in [0.3, 0.4) is 0 Å². The van der Waals surface area contributed by atoms with Crippen LogP contribution in [0.5, 0.6) is 0 Å². The number of nitrogens with zero attached hydrogens (tertiary/aromatic N) is 5. The number of halogens is 1. The summed E-state index contributed by atoms with van der Waals surface area (Å²) >= 11 is 5.93. The molecule has 2 heterocycles. The fourth-order valence-electron chi connectivity index (χ4n) is 3.84. The lowest BCUT2D eigenvalue weighted by Gasteiger charge is -2.03. The third-order valence-corrected chi connectivity index (χ3v) is 5.52. The monoisotopic (exact) mass is 461 g/mol.